The molecular formula is C14H15ClN4O. The first-order valence-electron chi connectivity index (χ1n) is 6.09. The highest BCUT2D eigenvalue weighted by Gasteiger charge is 2.13. The van der Waals surface area contributed by atoms with Gasteiger partial charge in [0.15, 0.2) is 0 Å². The summed E-state index contributed by atoms with van der Waals surface area (Å²) in [6.07, 6.45) is 1.44. The first-order chi connectivity index (χ1) is 9.49. The summed E-state index contributed by atoms with van der Waals surface area (Å²) in [5.74, 6) is 0.769. The van der Waals surface area contributed by atoms with Gasteiger partial charge in [-0.05, 0) is 37.6 Å². The van der Waals surface area contributed by atoms with Crippen molar-refractivity contribution < 1.29 is 4.79 Å². The van der Waals surface area contributed by atoms with Gasteiger partial charge in [0.05, 0.1) is 10.6 Å². The minimum atomic E-state index is -0.314. The van der Waals surface area contributed by atoms with Gasteiger partial charge in [0.2, 0.25) is 0 Å². The lowest BCUT2D eigenvalue weighted by Gasteiger charge is -2.09. The van der Waals surface area contributed by atoms with E-state index in [0.29, 0.717) is 22.2 Å². The molecular weight excluding hydrogens is 276 g/mol. The predicted molar refractivity (Wildman–Crippen MR) is 80.5 cm³/mol. The number of aryl methyl sites for hydroxylation is 2. The summed E-state index contributed by atoms with van der Waals surface area (Å²) in [4.78, 5) is 20.5. The number of carbonyl (C=O) groups is 1. The van der Waals surface area contributed by atoms with Crippen LogP contribution in [0.25, 0.3) is 0 Å². The number of nitrogens with one attached hydrogen (secondary N) is 2. The van der Waals surface area contributed by atoms with Crippen molar-refractivity contribution in [3.63, 3.8) is 0 Å². The topological polar surface area (TPSA) is 66.9 Å². The molecule has 0 atom stereocenters. The van der Waals surface area contributed by atoms with Crippen LogP contribution >= 0.6 is 11.6 Å². The van der Waals surface area contributed by atoms with Crippen LogP contribution in [0, 0.1) is 13.8 Å². The Morgan fingerprint density at radius 3 is 2.60 bits per heavy atom. The van der Waals surface area contributed by atoms with E-state index < -0.39 is 0 Å². The Hall–Kier alpha value is -2.14. The number of halogens is 1. The van der Waals surface area contributed by atoms with Crippen LogP contribution in [0.5, 0.6) is 0 Å². The molecule has 0 spiro atoms. The largest absolute Gasteiger partial charge is 0.373 e. The Kier molecular flexibility index (Phi) is 4.20. The van der Waals surface area contributed by atoms with Gasteiger partial charge in [0.25, 0.3) is 5.91 Å². The molecule has 0 aromatic carbocycles. The fourth-order valence-electron chi connectivity index (χ4n) is 1.84. The van der Waals surface area contributed by atoms with Gasteiger partial charge in [0.1, 0.15) is 11.6 Å². The minimum absolute atomic E-state index is 0.297. The fourth-order valence-corrected chi connectivity index (χ4v) is 2.03. The van der Waals surface area contributed by atoms with Gasteiger partial charge >= 0.3 is 0 Å². The first kappa shape index (κ1) is 14.3. The van der Waals surface area contributed by atoms with Gasteiger partial charge in [-0.25, -0.2) is 9.97 Å². The van der Waals surface area contributed by atoms with Crippen molar-refractivity contribution in [1.29, 1.82) is 0 Å². The molecule has 0 unspecified atom stereocenters. The van der Waals surface area contributed by atoms with Crippen molar-refractivity contribution in [1.82, 2.24) is 9.97 Å². The maximum Gasteiger partial charge on any atom is 0.258 e. The lowest BCUT2D eigenvalue weighted by Crippen LogP contribution is -2.14. The van der Waals surface area contributed by atoms with Crippen molar-refractivity contribution in [3.8, 4) is 0 Å². The van der Waals surface area contributed by atoms with Crippen molar-refractivity contribution in [2.75, 3.05) is 17.7 Å². The standard InChI is InChI=1S/C14H15ClN4O/c1-8-4-9(2)18-13(5-8)19-14(20)10-6-12(16-3)17-7-11(10)15/h4-7H,1-3H3,(H,16,17)(H,18,19,20). The average molecular weight is 291 g/mol. The van der Waals surface area contributed by atoms with Crippen molar-refractivity contribution in [2.24, 2.45) is 0 Å². The predicted octanol–water partition coefficient (Wildman–Crippen LogP) is 3.04. The van der Waals surface area contributed by atoms with Crippen LogP contribution in [0.4, 0.5) is 11.6 Å². The van der Waals surface area contributed by atoms with E-state index in [9.17, 15) is 4.79 Å². The Balaban J connectivity index is 2.27. The molecule has 0 aliphatic carbocycles. The summed E-state index contributed by atoms with van der Waals surface area (Å²) >= 11 is 6.01. The number of carbonyl (C=O) groups excluding carboxylic acids is 1. The Bertz CT molecular complexity index is 637. The summed E-state index contributed by atoms with van der Waals surface area (Å²) in [5, 5.41) is 5.91. The monoisotopic (exact) mass is 290 g/mol. The van der Waals surface area contributed by atoms with E-state index in [1.165, 1.54) is 6.20 Å². The first-order valence-corrected chi connectivity index (χ1v) is 6.47. The van der Waals surface area contributed by atoms with E-state index in [1.54, 1.807) is 19.2 Å². The van der Waals surface area contributed by atoms with Crippen molar-refractivity contribution >= 4 is 29.1 Å². The third-order valence-corrected chi connectivity index (χ3v) is 3.00. The maximum atomic E-state index is 12.2. The number of nitrogens with zero attached hydrogens (tertiary/aromatic N) is 2. The third-order valence-electron chi connectivity index (χ3n) is 2.70. The quantitative estimate of drug-likeness (QED) is 0.912. The maximum absolute atomic E-state index is 12.2. The second-order valence-corrected chi connectivity index (χ2v) is 4.83. The molecule has 0 bridgehead atoms. The molecule has 104 valence electrons. The molecule has 2 aromatic rings. The zero-order valence-electron chi connectivity index (χ0n) is 11.5. The minimum Gasteiger partial charge on any atom is -0.373 e. The Morgan fingerprint density at radius 1 is 1.20 bits per heavy atom. The number of rotatable bonds is 3. The highest BCUT2D eigenvalue weighted by atomic mass is 35.5. The van der Waals surface area contributed by atoms with Crippen LogP contribution in [0.3, 0.4) is 0 Å². The number of anilines is 2. The lowest BCUT2D eigenvalue weighted by atomic mass is 10.2. The summed E-state index contributed by atoms with van der Waals surface area (Å²) in [5.41, 5.74) is 2.23. The number of hydrogen-bond donors (Lipinski definition) is 2. The van der Waals surface area contributed by atoms with E-state index in [2.05, 4.69) is 20.6 Å². The summed E-state index contributed by atoms with van der Waals surface area (Å²) < 4.78 is 0. The average Bonchev–Trinajstić information content (AvgIpc) is 2.37. The second-order valence-electron chi connectivity index (χ2n) is 4.42. The van der Waals surface area contributed by atoms with Gasteiger partial charge in [0, 0.05) is 18.9 Å². The molecule has 0 saturated carbocycles. The normalized spacial score (nSPS) is 10.2. The lowest BCUT2D eigenvalue weighted by molar-refractivity contribution is 0.102. The van der Waals surface area contributed by atoms with Gasteiger partial charge < -0.3 is 10.6 Å². The number of hydrogen-bond acceptors (Lipinski definition) is 4. The van der Waals surface area contributed by atoms with E-state index in [4.69, 9.17) is 11.6 Å². The van der Waals surface area contributed by atoms with Crippen LogP contribution in [-0.2, 0) is 0 Å². The van der Waals surface area contributed by atoms with E-state index in [-0.39, 0.29) is 5.91 Å². The molecule has 2 aromatic heterocycles. The molecule has 0 radical (unpaired) electrons. The third kappa shape index (κ3) is 3.24. The van der Waals surface area contributed by atoms with Crippen LogP contribution in [0.1, 0.15) is 21.6 Å². The van der Waals surface area contributed by atoms with Gasteiger partial charge in [-0.2, -0.15) is 0 Å². The van der Waals surface area contributed by atoms with Crippen molar-refractivity contribution in [2.45, 2.75) is 13.8 Å². The van der Waals surface area contributed by atoms with E-state index >= 15 is 0 Å². The zero-order valence-corrected chi connectivity index (χ0v) is 12.2. The van der Waals surface area contributed by atoms with E-state index in [1.807, 2.05) is 19.9 Å². The molecule has 2 N–H and O–H groups in total. The van der Waals surface area contributed by atoms with Crippen LogP contribution in [0.2, 0.25) is 5.02 Å². The number of aromatic nitrogens is 2. The van der Waals surface area contributed by atoms with Crippen molar-refractivity contribution in [3.05, 3.63) is 46.2 Å². The molecule has 2 rings (SSSR count). The van der Waals surface area contributed by atoms with Crippen LogP contribution < -0.4 is 10.6 Å². The molecule has 0 saturated heterocycles. The molecule has 6 heteroatoms. The smallest absolute Gasteiger partial charge is 0.258 e. The molecule has 5 nitrogen and oxygen atoms in total. The highest BCUT2D eigenvalue weighted by Crippen LogP contribution is 2.19. The molecule has 20 heavy (non-hydrogen) atoms. The number of amides is 1. The summed E-state index contributed by atoms with van der Waals surface area (Å²) in [7, 11) is 1.73. The summed E-state index contributed by atoms with van der Waals surface area (Å²) in [6.45, 7) is 3.82. The molecule has 0 aliphatic heterocycles. The van der Waals surface area contributed by atoms with E-state index in [0.717, 1.165) is 11.3 Å². The van der Waals surface area contributed by atoms with Crippen LogP contribution in [-0.4, -0.2) is 22.9 Å². The van der Waals surface area contributed by atoms with Gasteiger partial charge in [-0.3, -0.25) is 4.79 Å². The Morgan fingerprint density at radius 2 is 1.95 bits per heavy atom. The molecule has 0 aliphatic rings. The molecule has 1 amide bonds. The Labute approximate surface area is 122 Å². The molecule has 2 heterocycles. The second kappa shape index (κ2) is 5.88. The van der Waals surface area contributed by atoms with Crippen LogP contribution in [0.15, 0.2) is 24.4 Å². The zero-order chi connectivity index (χ0) is 14.7. The van der Waals surface area contributed by atoms with Gasteiger partial charge in [-0.15, -0.1) is 0 Å². The highest BCUT2D eigenvalue weighted by molar-refractivity contribution is 6.34. The fraction of sp³-hybridized carbons (Fsp3) is 0.214. The molecule has 0 fully saturated rings. The summed E-state index contributed by atoms with van der Waals surface area (Å²) in [6, 6.07) is 5.34. The number of pyridine rings is 2. The van der Waals surface area contributed by atoms with Gasteiger partial charge in [-0.1, -0.05) is 11.6 Å². The SMILES string of the molecule is CNc1cc(C(=O)Nc2cc(C)cc(C)n2)c(Cl)cn1.